The second kappa shape index (κ2) is 6.66. The Morgan fingerprint density at radius 3 is 2.71 bits per heavy atom. The summed E-state index contributed by atoms with van der Waals surface area (Å²) in [6.07, 6.45) is 0. The molecule has 0 fully saturated rings. The first-order valence-corrected chi connectivity index (χ1v) is 7.72. The molecule has 3 rings (SSSR count). The Balaban J connectivity index is 1.64. The monoisotopic (exact) mass is 324 g/mol. The number of benzene rings is 2. The van der Waals surface area contributed by atoms with E-state index in [4.69, 9.17) is 9.47 Å². The summed E-state index contributed by atoms with van der Waals surface area (Å²) in [4.78, 5) is 15.4. The lowest BCUT2D eigenvalue weighted by molar-refractivity contribution is -0.118. The van der Waals surface area contributed by atoms with E-state index in [9.17, 15) is 4.79 Å². The summed E-state index contributed by atoms with van der Waals surface area (Å²) in [6, 6.07) is 13.4. The summed E-state index contributed by atoms with van der Waals surface area (Å²) in [6.45, 7) is 3.89. The summed E-state index contributed by atoms with van der Waals surface area (Å²) in [5.41, 5.74) is 3.94. The Morgan fingerprint density at radius 2 is 1.92 bits per heavy atom. The number of methoxy groups -OCH3 is 1. The molecule has 0 saturated carbocycles. The summed E-state index contributed by atoms with van der Waals surface area (Å²) in [5, 5.41) is 3.91. The lowest BCUT2D eigenvalue weighted by Crippen LogP contribution is -2.20. The van der Waals surface area contributed by atoms with E-state index in [1.54, 1.807) is 13.2 Å². The van der Waals surface area contributed by atoms with Crippen molar-refractivity contribution < 1.29 is 14.3 Å². The number of hydrogen-bond donors (Lipinski definition) is 2. The molecule has 0 spiro atoms. The van der Waals surface area contributed by atoms with Crippen LogP contribution in [0.3, 0.4) is 0 Å². The minimum absolute atomic E-state index is 0.0797. The first-order valence-electron chi connectivity index (χ1n) is 7.72. The van der Waals surface area contributed by atoms with E-state index < -0.39 is 0 Å². The SMILES string of the molecule is COc1cc(C)ccc1OCC(=O)Nc1ccc2[nH]c(C)cc2c1. The van der Waals surface area contributed by atoms with Crippen LogP contribution in [0, 0.1) is 13.8 Å². The van der Waals surface area contributed by atoms with Gasteiger partial charge in [-0.2, -0.15) is 0 Å². The van der Waals surface area contributed by atoms with E-state index in [1.165, 1.54) is 0 Å². The molecular formula is C19H20N2O3. The molecule has 2 aromatic carbocycles. The van der Waals surface area contributed by atoms with Gasteiger partial charge in [-0.3, -0.25) is 4.79 Å². The van der Waals surface area contributed by atoms with E-state index in [-0.39, 0.29) is 12.5 Å². The molecule has 124 valence electrons. The molecule has 0 bridgehead atoms. The fourth-order valence-corrected chi connectivity index (χ4v) is 2.59. The molecular weight excluding hydrogens is 304 g/mol. The van der Waals surface area contributed by atoms with Crippen molar-refractivity contribution in [3.05, 3.63) is 53.7 Å². The van der Waals surface area contributed by atoms with Gasteiger partial charge in [-0.15, -0.1) is 0 Å². The maximum atomic E-state index is 12.1. The zero-order chi connectivity index (χ0) is 17.1. The van der Waals surface area contributed by atoms with Crippen LogP contribution in [0.4, 0.5) is 5.69 Å². The van der Waals surface area contributed by atoms with Crippen molar-refractivity contribution in [1.82, 2.24) is 4.98 Å². The second-order valence-electron chi connectivity index (χ2n) is 5.75. The number of carbonyl (C=O) groups excluding carboxylic acids is 1. The number of aromatic amines is 1. The number of aromatic nitrogens is 1. The molecule has 0 aliphatic carbocycles. The maximum absolute atomic E-state index is 12.1. The van der Waals surface area contributed by atoms with Crippen molar-refractivity contribution in [2.45, 2.75) is 13.8 Å². The standard InChI is InChI=1S/C19H20N2O3/c1-12-4-7-17(18(8-12)23-3)24-11-19(22)21-15-5-6-16-14(10-15)9-13(2)20-16/h4-10,20H,11H2,1-3H3,(H,21,22). The minimum Gasteiger partial charge on any atom is -0.493 e. The van der Waals surface area contributed by atoms with Gasteiger partial charge >= 0.3 is 0 Å². The van der Waals surface area contributed by atoms with E-state index in [0.717, 1.165) is 27.8 Å². The summed E-state index contributed by atoms with van der Waals surface area (Å²) in [7, 11) is 1.58. The number of amides is 1. The van der Waals surface area contributed by atoms with Gasteiger partial charge in [0, 0.05) is 22.3 Å². The first-order chi connectivity index (χ1) is 11.5. The fraction of sp³-hybridized carbons (Fsp3) is 0.211. The number of anilines is 1. The van der Waals surface area contributed by atoms with Crippen LogP contribution >= 0.6 is 0 Å². The van der Waals surface area contributed by atoms with Crippen LogP contribution in [0.5, 0.6) is 11.5 Å². The van der Waals surface area contributed by atoms with Crippen molar-refractivity contribution in [2.24, 2.45) is 0 Å². The zero-order valence-electron chi connectivity index (χ0n) is 14.0. The highest BCUT2D eigenvalue weighted by atomic mass is 16.5. The Kier molecular flexibility index (Phi) is 4.42. The normalized spacial score (nSPS) is 10.6. The van der Waals surface area contributed by atoms with Gasteiger partial charge in [0.25, 0.3) is 5.91 Å². The van der Waals surface area contributed by atoms with Gasteiger partial charge in [0.1, 0.15) is 0 Å². The third kappa shape index (κ3) is 3.51. The van der Waals surface area contributed by atoms with E-state index in [2.05, 4.69) is 10.3 Å². The van der Waals surface area contributed by atoms with Crippen LogP contribution in [-0.2, 0) is 4.79 Å². The number of H-pyrrole nitrogens is 1. The predicted molar refractivity (Wildman–Crippen MR) is 94.9 cm³/mol. The van der Waals surface area contributed by atoms with E-state index in [0.29, 0.717) is 11.5 Å². The zero-order valence-corrected chi connectivity index (χ0v) is 14.0. The molecule has 3 aromatic rings. The Morgan fingerprint density at radius 1 is 1.08 bits per heavy atom. The van der Waals surface area contributed by atoms with Crippen LogP contribution in [0.25, 0.3) is 10.9 Å². The highest BCUT2D eigenvalue weighted by Gasteiger charge is 2.09. The molecule has 1 aromatic heterocycles. The molecule has 0 aliphatic rings. The lowest BCUT2D eigenvalue weighted by atomic mass is 10.2. The van der Waals surface area contributed by atoms with Crippen LogP contribution in [-0.4, -0.2) is 24.6 Å². The van der Waals surface area contributed by atoms with Crippen molar-refractivity contribution in [3.63, 3.8) is 0 Å². The minimum atomic E-state index is -0.218. The molecule has 0 saturated heterocycles. The number of rotatable bonds is 5. The Hall–Kier alpha value is -2.95. The largest absolute Gasteiger partial charge is 0.493 e. The summed E-state index contributed by atoms with van der Waals surface area (Å²) < 4.78 is 10.8. The summed E-state index contributed by atoms with van der Waals surface area (Å²) in [5.74, 6) is 0.950. The average molecular weight is 324 g/mol. The number of ether oxygens (including phenoxy) is 2. The van der Waals surface area contributed by atoms with Crippen LogP contribution in [0.1, 0.15) is 11.3 Å². The van der Waals surface area contributed by atoms with E-state index in [1.807, 2.05) is 50.2 Å². The number of aryl methyl sites for hydroxylation is 2. The van der Waals surface area contributed by atoms with Gasteiger partial charge in [0.15, 0.2) is 18.1 Å². The molecule has 2 N–H and O–H groups in total. The second-order valence-corrected chi connectivity index (χ2v) is 5.75. The molecule has 5 heteroatoms. The fourth-order valence-electron chi connectivity index (χ4n) is 2.59. The van der Waals surface area contributed by atoms with Crippen LogP contribution in [0.2, 0.25) is 0 Å². The number of hydrogen-bond acceptors (Lipinski definition) is 3. The molecule has 0 radical (unpaired) electrons. The average Bonchev–Trinajstić information content (AvgIpc) is 2.92. The molecule has 5 nitrogen and oxygen atoms in total. The number of carbonyl (C=O) groups is 1. The van der Waals surface area contributed by atoms with Crippen LogP contribution in [0.15, 0.2) is 42.5 Å². The van der Waals surface area contributed by atoms with Crippen molar-refractivity contribution in [2.75, 3.05) is 19.0 Å². The van der Waals surface area contributed by atoms with Crippen molar-refractivity contribution in [1.29, 1.82) is 0 Å². The maximum Gasteiger partial charge on any atom is 0.262 e. The predicted octanol–water partition coefficient (Wildman–Crippen LogP) is 3.81. The highest BCUT2D eigenvalue weighted by Crippen LogP contribution is 2.27. The van der Waals surface area contributed by atoms with Crippen LogP contribution < -0.4 is 14.8 Å². The third-order valence-corrected chi connectivity index (χ3v) is 3.72. The molecule has 0 atom stereocenters. The third-order valence-electron chi connectivity index (χ3n) is 3.72. The summed E-state index contributed by atoms with van der Waals surface area (Å²) >= 11 is 0. The molecule has 0 aliphatic heterocycles. The Labute approximate surface area is 140 Å². The molecule has 1 amide bonds. The van der Waals surface area contributed by atoms with Crippen molar-refractivity contribution in [3.8, 4) is 11.5 Å². The van der Waals surface area contributed by atoms with Gasteiger partial charge in [0.05, 0.1) is 7.11 Å². The van der Waals surface area contributed by atoms with Gasteiger partial charge < -0.3 is 19.8 Å². The van der Waals surface area contributed by atoms with Gasteiger partial charge in [-0.1, -0.05) is 6.07 Å². The molecule has 1 heterocycles. The number of nitrogens with one attached hydrogen (secondary N) is 2. The quantitative estimate of drug-likeness (QED) is 0.750. The van der Waals surface area contributed by atoms with Gasteiger partial charge in [0.2, 0.25) is 0 Å². The topological polar surface area (TPSA) is 63.4 Å². The lowest BCUT2D eigenvalue weighted by Gasteiger charge is -2.11. The first kappa shape index (κ1) is 15.9. The smallest absolute Gasteiger partial charge is 0.262 e. The van der Waals surface area contributed by atoms with E-state index >= 15 is 0 Å². The van der Waals surface area contributed by atoms with Gasteiger partial charge in [-0.25, -0.2) is 0 Å². The van der Waals surface area contributed by atoms with Gasteiger partial charge in [-0.05, 0) is 55.8 Å². The highest BCUT2D eigenvalue weighted by molar-refractivity contribution is 5.94. The molecule has 24 heavy (non-hydrogen) atoms. The molecule has 0 unspecified atom stereocenters. The van der Waals surface area contributed by atoms with Crippen molar-refractivity contribution >= 4 is 22.5 Å². The Bertz CT molecular complexity index is 883. The number of fused-ring (bicyclic) bond motifs is 1.